The predicted molar refractivity (Wildman–Crippen MR) is 110 cm³/mol. The van der Waals surface area contributed by atoms with E-state index >= 15 is 0 Å². The number of rotatable bonds is 7. The van der Waals surface area contributed by atoms with Gasteiger partial charge in [0.15, 0.2) is 11.5 Å². The van der Waals surface area contributed by atoms with E-state index in [1.165, 1.54) is 0 Å². The highest BCUT2D eigenvalue weighted by atomic mass is 16.7. The van der Waals surface area contributed by atoms with Gasteiger partial charge in [-0.3, -0.25) is 9.52 Å². The van der Waals surface area contributed by atoms with Crippen LogP contribution < -0.4 is 14.2 Å². The van der Waals surface area contributed by atoms with E-state index < -0.39 is 5.54 Å². The van der Waals surface area contributed by atoms with Gasteiger partial charge in [-0.1, -0.05) is 18.2 Å². The lowest BCUT2D eigenvalue weighted by Gasteiger charge is -2.34. The summed E-state index contributed by atoms with van der Waals surface area (Å²) in [5.74, 6) is 2.18. The molecule has 158 valence electrons. The lowest BCUT2D eigenvalue weighted by molar-refractivity contribution is -0.176. The molecular weight excluding hydrogens is 384 g/mol. The zero-order valence-corrected chi connectivity index (χ0v) is 17.6. The number of hydrogen-bond donors (Lipinski definition) is 0. The first-order valence-corrected chi connectivity index (χ1v) is 9.69. The van der Waals surface area contributed by atoms with E-state index in [-0.39, 0.29) is 6.10 Å². The minimum Gasteiger partial charge on any atom is -0.497 e. The number of methoxy groups -OCH3 is 3. The SMILES string of the molecule is COc1ccc(C2(Cn3cncn3)CC(c3ccc(OC)c(OC)c3)ON2C)cc1. The number of aromatic nitrogens is 3. The van der Waals surface area contributed by atoms with Crippen LogP contribution in [0.15, 0.2) is 55.1 Å². The Balaban J connectivity index is 1.71. The Labute approximate surface area is 175 Å². The number of nitrogens with zero attached hydrogens (tertiary/aromatic N) is 4. The molecule has 8 nitrogen and oxygen atoms in total. The zero-order valence-electron chi connectivity index (χ0n) is 17.6. The third kappa shape index (κ3) is 3.59. The molecule has 0 spiro atoms. The highest BCUT2D eigenvalue weighted by molar-refractivity contribution is 5.44. The maximum absolute atomic E-state index is 6.34. The Kier molecular flexibility index (Phi) is 5.61. The van der Waals surface area contributed by atoms with Gasteiger partial charge in [0.1, 0.15) is 24.5 Å². The molecular formula is C22H26N4O4. The van der Waals surface area contributed by atoms with Crippen LogP contribution in [0.4, 0.5) is 0 Å². The molecule has 1 fully saturated rings. The van der Waals surface area contributed by atoms with Crippen LogP contribution in [-0.2, 0) is 16.9 Å². The first-order valence-electron chi connectivity index (χ1n) is 9.69. The second kappa shape index (κ2) is 8.33. The maximum Gasteiger partial charge on any atom is 0.161 e. The molecule has 1 aromatic heterocycles. The van der Waals surface area contributed by atoms with Gasteiger partial charge in [0, 0.05) is 13.5 Å². The van der Waals surface area contributed by atoms with Gasteiger partial charge in [-0.25, -0.2) is 4.98 Å². The molecule has 1 saturated heterocycles. The fraction of sp³-hybridized carbons (Fsp3) is 0.364. The smallest absolute Gasteiger partial charge is 0.161 e. The predicted octanol–water partition coefficient (Wildman–Crippen LogP) is 3.21. The second-order valence-electron chi connectivity index (χ2n) is 7.26. The number of likely N-dealkylation sites (N-methyl/N-ethyl adjacent to an activating group) is 1. The molecule has 3 aromatic rings. The van der Waals surface area contributed by atoms with Crippen molar-refractivity contribution in [3.8, 4) is 17.2 Å². The summed E-state index contributed by atoms with van der Waals surface area (Å²) in [6.07, 6.45) is 3.85. The molecule has 30 heavy (non-hydrogen) atoms. The third-order valence-corrected chi connectivity index (χ3v) is 5.71. The van der Waals surface area contributed by atoms with Crippen LogP contribution in [-0.4, -0.2) is 48.2 Å². The summed E-state index contributed by atoms with van der Waals surface area (Å²) in [5.41, 5.74) is 1.70. The summed E-state index contributed by atoms with van der Waals surface area (Å²) < 4.78 is 18.0. The lowest BCUT2D eigenvalue weighted by atomic mass is 9.83. The maximum atomic E-state index is 6.34. The van der Waals surface area contributed by atoms with Gasteiger partial charge in [0.05, 0.1) is 33.4 Å². The van der Waals surface area contributed by atoms with E-state index in [2.05, 4.69) is 22.2 Å². The molecule has 0 radical (unpaired) electrons. The summed E-state index contributed by atoms with van der Waals surface area (Å²) in [7, 11) is 6.89. The number of hydroxylamine groups is 2. The Hall–Kier alpha value is -3.10. The van der Waals surface area contributed by atoms with Crippen molar-refractivity contribution in [2.75, 3.05) is 28.4 Å². The Morgan fingerprint density at radius 2 is 1.80 bits per heavy atom. The average molecular weight is 410 g/mol. The van der Waals surface area contributed by atoms with Crippen molar-refractivity contribution in [2.45, 2.75) is 24.6 Å². The lowest BCUT2D eigenvalue weighted by Crippen LogP contribution is -2.41. The van der Waals surface area contributed by atoms with Gasteiger partial charge >= 0.3 is 0 Å². The number of hydrogen-bond acceptors (Lipinski definition) is 7. The van der Waals surface area contributed by atoms with Crippen molar-refractivity contribution >= 4 is 0 Å². The van der Waals surface area contributed by atoms with Gasteiger partial charge in [-0.05, 0) is 35.4 Å². The van der Waals surface area contributed by atoms with Crippen molar-refractivity contribution in [3.05, 3.63) is 66.2 Å². The van der Waals surface area contributed by atoms with Crippen molar-refractivity contribution in [1.82, 2.24) is 19.8 Å². The standard InChI is InChI=1S/C22H26N4O4/c1-25-22(13-26-15-23-14-24-26,17-6-8-18(27-2)9-7-17)12-21(30-25)16-5-10-19(28-3)20(11-16)29-4/h5-11,14-15,21H,12-13H2,1-4H3. The molecule has 1 aliphatic rings. The van der Waals surface area contributed by atoms with E-state index in [4.69, 9.17) is 19.0 Å². The summed E-state index contributed by atoms with van der Waals surface area (Å²) >= 11 is 0. The quantitative estimate of drug-likeness (QED) is 0.592. The van der Waals surface area contributed by atoms with Crippen LogP contribution in [0.1, 0.15) is 23.7 Å². The van der Waals surface area contributed by atoms with Crippen molar-refractivity contribution in [2.24, 2.45) is 0 Å². The van der Waals surface area contributed by atoms with E-state index in [9.17, 15) is 0 Å². The molecule has 8 heteroatoms. The molecule has 0 N–H and O–H groups in total. The van der Waals surface area contributed by atoms with Crippen LogP contribution in [0.25, 0.3) is 0 Å². The molecule has 0 aliphatic carbocycles. The van der Waals surface area contributed by atoms with E-state index in [1.54, 1.807) is 34.0 Å². The largest absolute Gasteiger partial charge is 0.497 e. The van der Waals surface area contributed by atoms with E-state index in [0.717, 1.165) is 23.3 Å². The van der Waals surface area contributed by atoms with Crippen LogP contribution in [0.5, 0.6) is 17.2 Å². The Bertz CT molecular complexity index is 977. The minimum absolute atomic E-state index is 0.152. The monoisotopic (exact) mass is 410 g/mol. The van der Waals surface area contributed by atoms with Gasteiger partial charge in [0.25, 0.3) is 0 Å². The third-order valence-electron chi connectivity index (χ3n) is 5.71. The average Bonchev–Trinajstić information content (AvgIpc) is 3.42. The number of ether oxygens (including phenoxy) is 3. The van der Waals surface area contributed by atoms with E-state index in [1.807, 2.05) is 47.1 Å². The van der Waals surface area contributed by atoms with Gasteiger partial charge in [-0.15, -0.1) is 0 Å². The normalized spacial score (nSPS) is 21.5. The molecule has 0 saturated carbocycles. The Morgan fingerprint density at radius 1 is 1.03 bits per heavy atom. The molecule has 4 rings (SSSR count). The highest BCUT2D eigenvalue weighted by Crippen LogP contribution is 2.48. The first-order chi connectivity index (χ1) is 14.6. The van der Waals surface area contributed by atoms with Gasteiger partial charge in [-0.2, -0.15) is 10.2 Å². The summed E-state index contributed by atoms with van der Waals surface area (Å²) in [6.45, 7) is 0.597. The molecule has 2 unspecified atom stereocenters. The van der Waals surface area contributed by atoms with Gasteiger partial charge in [0.2, 0.25) is 0 Å². The van der Waals surface area contributed by atoms with Gasteiger partial charge < -0.3 is 14.2 Å². The van der Waals surface area contributed by atoms with Crippen molar-refractivity contribution in [1.29, 1.82) is 0 Å². The summed E-state index contributed by atoms with van der Waals surface area (Å²) in [6, 6.07) is 14.0. The van der Waals surface area contributed by atoms with Crippen molar-refractivity contribution in [3.63, 3.8) is 0 Å². The fourth-order valence-electron chi connectivity index (χ4n) is 4.03. The second-order valence-corrected chi connectivity index (χ2v) is 7.26. The summed E-state index contributed by atoms with van der Waals surface area (Å²) in [5, 5.41) is 6.26. The molecule has 1 aliphatic heterocycles. The number of benzene rings is 2. The molecule has 2 atom stereocenters. The summed E-state index contributed by atoms with van der Waals surface area (Å²) in [4.78, 5) is 10.4. The van der Waals surface area contributed by atoms with E-state index in [0.29, 0.717) is 18.0 Å². The minimum atomic E-state index is -0.433. The molecule has 0 amide bonds. The van der Waals surface area contributed by atoms with Crippen LogP contribution >= 0.6 is 0 Å². The van der Waals surface area contributed by atoms with Crippen LogP contribution in [0, 0.1) is 0 Å². The topological polar surface area (TPSA) is 70.9 Å². The Morgan fingerprint density at radius 3 is 2.43 bits per heavy atom. The molecule has 0 bridgehead atoms. The zero-order chi connectivity index (χ0) is 21.1. The highest BCUT2D eigenvalue weighted by Gasteiger charge is 2.47. The van der Waals surface area contributed by atoms with Crippen LogP contribution in [0.3, 0.4) is 0 Å². The van der Waals surface area contributed by atoms with Crippen molar-refractivity contribution < 1.29 is 19.0 Å². The van der Waals surface area contributed by atoms with Crippen LogP contribution in [0.2, 0.25) is 0 Å². The fourth-order valence-corrected chi connectivity index (χ4v) is 4.03. The molecule has 2 heterocycles. The molecule has 2 aromatic carbocycles. The first kappa shape index (κ1) is 20.2.